The number of benzene rings is 2. The first-order valence-corrected chi connectivity index (χ1v) is 9.96. The Morgan fingerprint density at radius 1 is 0.929 bits per heavy atom. The van der Waals surface area contributed by atoms with Gasteiger partial charge in [0.05, 0.1) is 14.2 Å². The van der Waals surface area contributed by atoms with E-state index in [1.807, 2.05) is 6.07 Å². The lowest BCUT2D eigenvalue weighted by atomic mass is 10.1. The molecule has 0 saturated carbocycles. The Morgan fingerprint density at radius 3 is 2.21 bits per heavy atom. The number of nitrogens with zero attached hydrogens (tertiary/aromatic N) is 2. The summed E-state index contributed by atoms with van der Waals surface area (Å²) in [6, 6.07) is 15.1. The molecule has 1 saturated heterocycles. The van der Waals surface area contributed by atoms with Crippen molar-refractivity contribution in [3.8, 4) is 11.5 Å². The highest BCUT2D eigenvalue weighted by molar-refractivity contribution is 5.38. The van der Waals surface area contributed by atoms with Gasteiger partial charge in [-0.1, -0.05) is 29.8 Å². The normalized spacial score (nSPS) is 18.2. The summed E-state index contributed by atoms with van der Waals surface area (Å²) in [5.41, 5.74) is 3.81. The molecule has 1 N–H and O–H groups in total. The molecule has 5 heteroatoms. The number of hydrogen-bond donors (Lipinski definition) is 1. The molecule has 2 aromatic rings. The predicted octanol–water partition coefficient (Wildman–Crippen LogP) is 3.08. The van der Waals surface area contributed by atoms with Crippen molar-refractivity contribution in [3.63, 3.8) is 0 Å². The Labute approximate surface area is 168 Å². The summed E-state index contributed by atoms with van der Waals surface area (Å²) in [4.78, 5) is 4.96. The lowest BCUT2D eigenvalue weighted by molar-refractivity contribution is 0.0499. The SMILES string of the molecule is COc1cc(CN2CCN(Cc3ccc(C)cc3)C[C@H]2CCO)cc(OC)c1. The van der Waals surface area contributed by atoms with Gasteiger partial charge in [0.15, 0.2) is 0 Å². The number of hydrogen-bond acceptors (Lipinski definition) is 5. The molecule has 3 rings (SSSR count). The third-order valence-corrected chi connectivity index (χ3v) is 5.47. The van der Waals surface area contributed by atoms with Crippen LogP contribution in [0.4, 0.5) is 0 Å². The fraction of sp³-hybridized carbons (Fsp3) is 0.478. The maximum Gasteiger partial charge on any atom is 0.122 e. The molecule has 1 heterocycles. The Hall–Kier alpha value is -2.08. The molecule has 5 nitrogen and oxygen atoms in total. The van der Waals surface area contributed by atoms with Crippen LogP contribution >= 0.6 is 0 Å². The summed E-state index contributed by atoms with van der Waals surface area (Å²) >= 11 is 0. The van der Waals surface area contributed by atoms with E-state index in [-0.39, 0.29) is 6.61 Å². The van der Waals surface area contributed by atoms with E-state index < -0.39 is 0 Å². The number of rotatable bonds is 8. The Bertz CT molecular complexity index is 726. The van der Waals surface area contributed by atoms with Gasteiger partial charge < -0.3 is 14.6 Å². The molecule has 2 aromatic carbocycles. The van der Waals surface area contributed by atoms with Crippen LogP contribution in [0, 0.1) is 6.92 Å². The largest absolute Gasteiger partial charge is 0.497 e. The van der Waals surface area contributed by atoms with Crippen LogP contribution in [-0.4, -0.2) is 61.4 Å². The highest BCUT2D eigenvalue weighted by atomic mass is 16.5. The molecular weight excluding hydrogens is 352 g/mol. The smallest absolute Gasteiger partial charge is 0.122 e. The summed E-state index contributed by atoms with van der Waals surface area (Å²) < 4.78 is 10.8. The predicted molar refractivity (Wildman–Crippen MR) is 112 cm³/mol. The van der Waals surface area contributed by atoms with Crippen LogP contribution in [0.1, 0.15) is 23.1 Å². The second-order valence-corrected chi connectivity index (χ2v) is 7.58. The number of aliphatic hydroxyl groups excluding tert-OH is 1. The van der Waals surface area contributed by atoms with Crippen molar-refractivity contribution in [2.75, 3.05) is 40.5 Å². The van der Waals surface area contributed by atoms with E-state index in [2.05, 4.69) is 53.1 Å². The maximum atomic E-state index is 9.59. The van der Waals surface area contributed by atoms with E-state index in [1.54, 1.807) is 14.2 Å². The van der Waals surface area contributed by atoms with Gasteiger partial charge in [0.25, 0.3) is 0 Å². The van der Waals surface area contributed by atoms with E-state index >= 15 is 0 Å². The summed E-state index contributed by atoms with van der Waals surface area (Å²) in [6.07, 6.45) is 0.783. The van der Waals surface area contributed by atoms with Gasteiger partial charge >= 0.3 is 0 Å². The zero-order valence-corrected chi connectivity index (χ0v) is 17.2. The highest BCUT2D eigenvalue weighted by Crippen LogP contribution is 2.25. The molecule has 0 bridgehead atoms. The fourth-order valence-electron chi connectivity index (χ4n) is 3.88. The fourth-order valence-corrected chi connectivity index (χ4v) is 3.88. The van der Waals surface area contributed by atoms with E-state index in [1.165, 1.54) is 16.7 Å². The first-order chi connectivity index (χ1) is 13.6. The molecule has 0 amide bonds. The average Bonchev–Trinajstić information content (AvgIpc) is 2.71. The summed E-state index contributed by atoms with van der Waals surface area (Å²) in [5, 5.41) is 9.59. The quantitative estimate of drug-likeness (QED) is 0.758. The van der Waals surface area contributed by atoms with Crippen molar-refractivity contribution in [1.82, 2.24) is 9.80 Å². The van der Waals surface area contributed by atoms with E-state index in [4.69, 9.17) is 9.47 Å². The van der Waals surface area contributed by atoms with Crippen LogP contribution in [0.2, 0.25) is 0 Å². The van der Waals surface area contributed by atoms with Crippen molar-refractivity contribution >= 4 is 0 Å². The molecule has 0 aromatic heterocycles. The minimum absolute atomic E-state index is 0.209. The second-order valence-electron chi connectivity index (χ2n) is 7.58. The van der Waals surface area contributed by atoms with E-state index in [0.29, 0.717) is 6.04 Å². The standard InChI is InChI=1S/C23H32N2O3/c1-18-4-6-19(7-5-18)15-24-9-10-25(21(17-24)8-11-26)16-20-12-22(27-2)14-23(13-20)28-3/h4-7,12-14,21,26H,8-11,15-17H2,1-3H3/t21-/m1/s1. The maximum absolute atomic E-state index is 9.59. The van der Waals surface area contributed by atoms with Crippen LogP contribution in [0.3, 0.4) is 0 Å². The van der Waals surface area contributed by atoms with Crippen LogP contribution in [0.5, 0.6) is 11.5 Å². The lowest BCUT2D eigenvalue weighted by Gasteiger charge is -2.41. The van der Waals surface area contributed by atoms with Crippen molar-refractivity contribution in [3.05, 3.63) is 59.2 Å². The minimum Gasteiger partial charge on any atom is -0.497 e. The zero-order valence-electron chi connectivity index (χ0n) is 17.2. The first kappa shape index (κ1) is 20.6. The molecule has 1 aliphatic heterocycles. The van der Waals surface area contributed by atoms with Crippen molar-refractivity contribution < 1.29 is 14.6 Å². The van der Waals surface area contributed by atoms with Gasteiger partial charge in [0.1, 0.15) is 11.5 Å². The molecule has 0 aliphatic carbocycles. The molecule has 28 heavy (non-hydrogen) atoms. The topological polar surface area (TPSA) is 45.2 Å². The molecular formula is C23H32N2O3. The number of piperazine rings is 1. The van der Waals surface area contributed by atoms with Crippen molar-refractivity contribution in [2.45, 2.75) is 32.5 Å². The van der Waals surface area contributed by atoms with Gasteiger partial charge in [-0.2, -0.15) is 0 Å². The van der Waals surface area contributed by atoms with Crippen LogP contribution in [0.25, 0.3) is 0 Å². The highest BCUT2D eigenvalue weighted by Gasteiger charge is 2.27. The lowest BCUT2D eigenvalue weighted by Crippen LogP contribution is -2.52. The van der Waals surface area contributed by atoms with Crippen LogP contribution < -0.4 is 9.47 Å². The number of aliphatic hydroxyl groups is 1. The Kier molecular flexibility index (Phi) is 7.31. The van der Waals surface area contributed by atoms with Gasteiger partial charge in [-0.15, -0.1) is 0 Å². The second kappa shape index (κ2) is 9.92. The number of methoxy groups -OCH3 is 2. The van der Waals surface area contributed by atoms with Crippen LogP contribution in [0.15, 0.2) is 42.5 Å². The number of aryl methyl sites for hydroxylation is 1. The monoisotopic (exact) mass is 384 g/mol. The van der Waals surface area contributed by atoms with Crippen LogP contribution in [-0.2, 0) is 13.1 Å². The average molecular weight is 385 g/mol. The van der Waals surface area contributed by atoms with Gasteiger partial charge in [0, 0.05) is 51.4 Å². The molecule has 0 spiro atoms. The number of ether oxygens (including phenoxy) is 2. The molecule has 152 valence electrons. The first-order valence-electron chi connectivity index (χ1n) is 9.96. The van der Waals surface area contributed by atoms with Gasteiger partial charge in [-0.25, -0.2) is 0 Å². The molecule has 1 atom stereocenters. The summed E-state index contributed by atoms with van der Waals surface area (Å²) in [6.45, 7) is 7.09. The summed E-state index contributed by atoms with van der Waals surface area (Å²) in [5.74, 6) is 1.62. The third kappa shape index (κ3) is 5.47. The summed E-state index contributed by atoms with van der Waals surface area (Å²) in [7, 11) is 3.36. The van der Waals surface area contributed by atoms with Crippen molar-refractivity contribution in [1.29, 1.82) is 0 Å². The van der Waals surface area contributed by atoms with Crippen molar-refractivity contribution in [2.24, 2.45) is 0 Å². The molecule has 0 unspecified atom stereocenters. The molecule has 0 radical (unpaired) electrons. The molecule has 1 aliphatic rings. The third-order valence-electron chi connectivity index (χ3n) is 5.47. The Balaban J connectivity index is 1.66. The molecule has 1 fully saturated rings. The van der Waals surface area contributed by atoms with E-state index in [9.17, 15) is 5.11 Å². The van der Waals surface area contributed by atoms with Gasteiger partial charge in [-0.3, -0.25) is 9.80 Å². The van der Waals surface area contributed by atoms with E-state index in [0.717, 1.165) is 50.6 Å². The Morgan fingerprint density at radius 2 is 1.61 bits per heavy atom. The minimum atomic E-state index is 0.209. The zero-order chi connectivity index (χ0) is 19.9. The van der Waals surface area contributed by atoms with Gasteiger partial charge in [-0.05, 0) is 36.6 Å². The van der Waals surface area contributed by atoms with Gasteiger partial charge in [0.2, 0.25) is 0 Å².